The van der Waals surface area contributed by atoms with Gasteiger partial charge in [-0.15, -0.1) is 0 Å². The number of fused-ring (bicyclic) bond motifs is 1. The molecule has 3 atom stereocenters. The van der Waals surface area contributed by atoms with Crippen LogP contribution in [0.3, 0.4) is 0 Å². The van der Waals surface area contributed by atoms with E-state index in [2.05, 4.69) is 18.3 Å². The molecule has 0 radical (unpaired) electrons. The van der Waals surface area contributed by atoms with Crippen molar-refractivity contribution in [1.29, 1.82) is 0 Å². The fraction of sp³-hybridized carbons (Fsp3) is 0.333. The van der Waals surface area contributed by atoms with Crippen molar-refractivity contribution in [3.8, 4) is 0 Å². The third-order valence-electron chi connectivity index (χ3n) is 5.21. The molecule has 4 heteroatoms. The second-order valence-corrected chi connectivity index (χ2v) is 7.19. The molecule has 2 aromatic carbocycles. The topological polar surface area (TPSA) is 49.4 Å². The fourth-order valence-electron chi connectivity index (χ4n) is 3.71. The van der Waals surface area contributed by atoms with E-state index in [4.69, 9.17) is 0 Å². The summed E-state index contributed by atoms with van der Waals surface area (Å²) in [6.07, 6.45) is 1.52. The van der Waals surface area contributed by atoms with Crippen molar-refractivity contribution in [1.82, 2.24) is 0 Å². The van der Waals surface area contributed by atoms with E-state index < -0.39 is 0 Å². The first-order valence-electron chi connectivity index (χ1n) is 8.83. The van der Waals surface area contributed by atoms with Crippen LogP contribution in [-0.4, -0.2) is 17.9 Å². The Morgan fingerprint density at radius 1 is 1.04 bits per heavy atom. The molecule has 1 fully saturated rings. The number of aryl methyl sites for hydroxylation is 1. The van der Waals surface area contributed by atoms with Crippen molar-refractivity contribution in [3.63, 3.8) is 0 Å². The van der Waals surface area contributed by atoms with Crippen LogP contribution in [0.5, 0.6) is 0 Å². The van der Waals surface area contributed by atoms with Gasteiger partial charge in [-0.05, 0) is 50.5 Å². The highest BCUT2D eigenvalue weighted by atomic mass is 16.2. The first kappa shape index (κ1) is 15.9. The van der Waals surface area contributed by atoms with Gasteiger partial charge in [-0.3, -0.25) is 9.59 Å². The lowest BCUT2D eigenvalue weighted by Gasteiger charge is -2.23. The number of hydrogen-bond donors (Lipinski definition) is 1. The minimum Gasteiger partial charge on any atom is -0.326 e. The molecule has 0 spiro atoms. The van der Waals surface area contributed by atoms with Crippen molar-refractivity contribution in [2.24, 2.45) is 11.8 Å². The molecule has 1 N–H and O–H groups in total. The number of rotatable bonds is 3. The van der Waals surface area contributed by atoms with Gasteiger partial charge in [-0.1, -0.05) is 35.9 Å². The predicted octanol–water partition coefficient (Wildman–Crippen LogP) is 3.55. The van der Waals surface area contributed by atoms with Gasteiger partial charge in [0.25, 0.3) is 0 Å². The van der Waals surface area contributed by atoms with Crippen LogP contribution in [0.25, 0.3) is 0 Å². The van der Waals surface area contributed by atoms with E-state index in [-0.39, 0.29) is 29.7 Å². The fourth-order valence-corrected chi connectivity index (χ4v) is 3.71. The summed E-state index contributed by atoms with van der Waals surface area (Å²) >= 11 is 0. The number of nitrogens with zero attached hydrogens (tertiary/aromatic N) is 1. The number of hydrogen-bond acceptors (Lipinski definition) is 2. The summed E-state index contributed by atoms with van der Waals surface area (Å²) in [5.41, 5.74) is 4.15. The molecule has 2 amide bonds. The molecule has 25 heavy (non-hydrogen) atoms. The lowest BCUT2D eigenvalue weighted by atomic mass is 10.1. The van der Waals surface area contributed by atoms with Crippen molar-refractivity contribution in [2.45, 2.75) is 32.7 Å². The molecule has 1 saturated carbocycles. The van der Waals surface area contributed by atoms with Gasteiger partial charge >= 0.3 is 0 Å². The first-order chi connectivity index (χ1) is 12.0. The molecule has 4 nitrogen and oxygen atoms in total. The zero-order chi connectivity index (χ0) is 17.6. The molecule has 1 aliphatic heterocycles. The third-order valence-corrected chi connectivity index (χ3v) is 5.21. The minimum absolute atomic E-state index is 0.0534. The second-order valence-electron chi connectivity index (χ2n) is 7.19. The van der Waals surface area contributed by atoms with Crippen LogP contribution in [0, 0.1) is 18.8 Å². The molecule has 0 bridgehead atoms. The normalized spacial score (nSPS) is 23.9. The van der Waals surface area contributed by atoms with Crippen molar-refractivity contribution in [2.75, 3.05) is 10.2 Å². The molecule has 3 unspecified atom stereocenters. The zero-order valence-corrected chi connectivity index (χ0v) is 14.5. The summed E-state index contributed by atoms with van der Waals surface area (Å²) in [5, 5.41) is 2.93. The van der Waals surface area contributed by atoms with Gasteiger partial charge in [0.1, 0.15) is 0 Å². The van der Waals surface area contributed by atoms with Crippen LogP contribution in [0.15, 0.2) is 48.5 Å². The van der Waals surface area contributed by atoms with Gasteiger partial charge in [0, 0.05) is 17.4 Å². The molecule has 2 aliphatic rings. The Bertz CT molecular complexity index is 828. The maximum absolute atomic E-state index is 12.9. The number of nitrogens with one attached hydrogen (secondary N) is 1. The van der Waals surface area contributed by atoms with Crippen molar-refractivity contribution in [3.05, 3.63) is 59.7 Å². The smallest absolute Gasteiger partial charge is 0.231 e. The maximum Gasteiger partial charge on any atom is 0.231 e. The van der Waals surface area contributed by atoms with E-state index >= 15 is 0 Å². The molecule has 2 aromatic rings. The molecule has 4 rings (SSSR count). The Balaban J connectivity index is 1.43. The number of para-hydroxylation sites is 1. The second kappa shape index (κ2) is 6.03. The summed E-state index contributed by atoms with van der Waals surface area (Å²) in [4.78, 5) is 27.3. The van der Waals surface area contributed by atoms with E-state index in [1.807, 2.05) is 54.3 Å². The molecule has 0 saturated heterocycles. The van der Waals surface area contributed by atoms with Crippen LogP contribution in [-0.2, 0) is 16.0 Å². The molecular formula is C21H22N2O2. The van der Waals surface area contributed by atoms with Gasteiger partial charge in [0.15, 0.2) is 0 Å². The van der Waals surface area contributed by atoms with E-state index in [1.165, 1.54) is 5.56 Å². The quantitative estimate of drug-likeness (QED) is 0.933. The molecular weight excluding hydrogens is 312 g/mol. The van der Waals surface area contributed by atoms with Gasteiger partial charge in [0.05, 0.1) is 11.8 Å². The van der Waals surface area contributed by atoms with Gasteiger partial charge < -0.3 is 10.2 Å². The van der Waals surface area contributed by atoms with Crippen molar-refractivity contribution >= 4 is 23.2 Å². The average Bonchev–Trinajstić information content (AvgIpc) is 3.33. The highest BCUT2D eigenvalue weighted by molar-refractivity contribution is 6.05. The van der Waals surface area contributed by atoms with Crippen molar-refractivity contribution < 1.29 is 9.59 Å². The highest BCUT2D eigenvalue weighted by Gasteiger charge is 2.51. The minimum atomic E-state index is -0.214. The Kier molecular flexibility index (Phi) is 3.83. The SMILES string of the molecule is Cc1ccc(NC(=O)C2CC2C(=O)N2c3ccccc3CC2C)cc1. The Morgan fingerprint density at radius 3 is 2.52 bits per heavy atom. The zero-order valence-electron chi connectivity index (χ0n) is 14.5. The Morgan fingerprint density at radius 2 is 1.76 bits per heavy atom. The highest BCUT2D eigenvalue weighted by Crippen LogP contribution is 2.44. The summed E-state index contributed by atoms with van der Waals surface area (Å²) in [7, 11) is 0. The summed E-state index contributed by atoms with van der Waals surface area (Å²) in [5.74, 6) is -0.378. The number of anilines is 2. The van der Waals surface area contributed by atoms with Gasteiger partial charge in [-0.25, -0.2) is 0 Å². The van der Waals surface area contributed by atoms with Crippen LogP contribution in [0.1, 0.15) is 24.5 Å². The summed E-state index contributed by atoms with van der Waals surface area (Å²) < 4.78 is 0. The van der Waals surface area contributed by atoms with Crippen LogP contribution >= 0.6 is 0 Å². The molecule has 128 valence electrons. The Labute approximate surface area is 147 Å². The summed E-state index contributed by atoms with van der Waals surface area (Å²) in [6.45, 7) is 4.08. The molecule has 0 aromatic heterocycles. The van der Waals surface area contributed by atoms with Crippen LogP contribution < -0.4 is 10.2 Å². The standard InChI is InChI=1S/C21H22N2O2/c1-13-7-9-16(10-8-13)22-20(24)17-12-18(17)21(25)23-14(2)11-15-5-3-4-6-19(15)23/h3-10,14,17-18H,11-12H2,1-2H3,(H,22,24). The average molecular weight is 334 g/mol. The first-order valence-corrected chi connectivity index (χ1v) is 8.83. The number of benzene rings is 2. The van der Waals surface area contributed by atoms with E-state index in [0.717, 1.165) is 23.4 Å². The lowest BCUT2D eigenvalue weighted by Crippen LogP contribution is -2.37. The monoisotopic (exact) mass is 334 g/mol. The van der Waals surface area contributed by atoms with E-state index in [1.54, 1.807) is 0 Å². The maximum atomic E-state index is 12.9. The lowest BCUT2D eigenvalue weighted by molar-refractivity contribution is -0.123. The summed E-state index contributed by atoms with van der Waals surface area (Å²) in [6, 6.07) is 15.9. The largest absolute Gasteiger partial charge is 0.326 e. The number of carbonyl (C=O) groups is 2. The van der Waals surface area contributed by atoms with Crippen LogP contribution in [0.2, 0.25) is 0 Å². The third kappa shape index (κ3) is 2.93. The number of amides is 2. The van der Waals surface area contributed by atoms with Crippen LogP contribution in [0.4, 0.5) is 11.4 Å². The number of carbonyl (C=O) groups excluding carboxylic acids is 2. The Hall–Kier alpha value is -2.62. The van der Waals surface area contributed by atoms with Gasteiger partial charge in [-0.2, -0.15) is 0 Å². The van der Waals surface area contributed by atoms with E-state index in [9.17, 15) is 9.59 Å². The van der Waals surface area contributed by atoms with Gasteiger partial charge in [0.2, 0.25) is 11.8 Å². The molecule has 1 aliphatic carbocycles. The molecule has 1 heterocycles. The van der Waals surface area contributed by atoms with E-state index in [0.29, 0.717) is 6.42 Å². The predicted molar refractivity (Wildman–Crippen MR) is 98.5 cm³/mol.